The fourth-order valence-electron chi connectivity index (χ4n) is 4.43. The van der Waals surface area contributed by atoms with Crippen LogP contribution in [0.2, 0.25) is 0 Å². The number of rotatable bonds is 10. The first-order valence-electron chi connectivity index (χ1n) is 12.2. The lowest BCUT2D eigenvalue weighted by Gasteiger charge is -2.27. The normalized spacial score (nSPS) is 13.6. The zero-order chi connectivity index (χ0) is 26.2. The molecule has 1 saturated carbocycles. The molecule has 2 aromatic carbocycles. The number of hydrogen-bond donors (Lipinski definition) is 1. The number of tetrazole rings is 1. The fourth-order valence-corrected chi connectivity index (χ4v) is 4.43. The summed E-state index contributed by atoms with van der Waals surface area (Å²) in [6.07, 6.45) is 5.29. The van der Waals surface area contributed by atoms with Gasteiger partial charge in [-0.25, -0.2) is 0 Å². The van der Waals surface area contributed by atoms with Gasteiger partial charge in [0.1, 0.15) is 18.8 Å². The van der Waals surface area contributed by atoms with Crippen LogP contribution in [-0.2, 0) is 16.1 Å². The van der Waals surface area contributed by atoms with Crippen molar-refractivity contribution in [2.75, 3.05) is 32.8 Å². The van der Waals surface area contributed by atoms with Crippen LogP contribution in [0, 0.1) is 0 Å². The second-order valence-corrected chi connectivity index (χ2v) is 8.77. The number of carbonyl (C=O) groups excluding carboxylic acids is 2. The molecule has 1 aliphatic carbocycles. The quantitative estimate of drug-likeness (QED) is 0.444. The summed E-state index contributed by atoms with van der Waals surface area (Å²) >= 11 is 0. The second-order valence-electron chi connectivity index (χ2n) is 8.77. The van der Waals surface area contributed by atoms with Crippen molar-refractivity contribution in [3.8, 4) is 28.6 Å². The second kappa shape index (κ2) is 12.2. The van der Waals surface area contributed by atoms with Crippen LogP contribution in [0.3, 0.4) is 0 Å². The van der Waals surface area contributed by atoms with Crippen LogP contribution in [0.1, 0.15) is 32.1 Å². The number of amides is 2. The van der Waals surface area contributed by atoms with Crippen molar-refractivity contribution in [3.63, 3.8) is 0 Å². The summed E-state index contributed by atoms with van der Waals surface area (Å²) in [6, 6.07) is 12.5. The lowest BCUT2D eigenvalue weighted by molar-refractivity contribution is -0.124. The minimum Gasteiger partial charge on any atom is -0.495 e. The number of carbonyl (C=O) groups is 2. The van der Waals surface area contributed by atoms with Crippen LogP contribution in [0.5, 0.6) is 17.2 Å². The van der Waals surface area contributed by atoms with Gasteiger partial charge in [0.15, 0.2) is 11.5 Å². The van der Waals surface area contributed by atoms with Crippen LogP contribution in [0.15, 0.2) is 42.5 Å². The molecular formula is C26H32N6O5. The molecule has 0 aliphatic heterocycles. The summed E-state index contributed by atoms with van der Waals surface area (Å²) in [5.74, 6) is 1.32. The van der Waals surface area contributed by atoms with Gasteiger partial charge in [-0.2, -0.15) is 4.80 Å². The van der Waals surface area contributed by atoms with Crippen molar-refractivity contribution in [1.29, 1.82) is 0 Å². The first kappa shape index (κ1) is 25.9. The average Bonchev–Trinajstić information content (AvgIpc) is 3.40. The van der Waals surface area contributed by atoms with Crippen LogP contribution < -0.4 is 24.4 Å². The maximum atomic E-state index is 13.5. The van der Waals surface area contributed by atoms with Crippen molar-refractivity contribution in [1.82, 2.24) is 25.5 Å². The Hall–Kier alpha value is -4.15. The summed E-state index contributed by atoms with van der Waals surface area (Å²) in [6.45, 7) is -0.359. The van der Waals surface area contributed by atoms with Crippen LogP contribution in [-0.4, -0.2) is 65.9 Å². The maximum Gasteiger partial charge on any atom is 0.251 e. The van der Waals surface area contributed by atoms with Gasteiger partial charge in [-0.05, 0) is 48.4 Å². The molecule has 37 heavy (non-hydrogen) atoms. The Balaban J connectivity index is 1.52. The van der Waals surface area contributed by atoms with Crippen LogP contribution in [0.4, 0.5) is 5.69 Å². The number of aromatic nitrogens is 4. The Bertz CT molecular complexity index is 1220. The van der Waals surface area contributed by atoms with Gasteiger partial charge in [0.05, 0.1) is 27.0 Å². The van der Waals surface area contributed by atoms with Crippen molar-refractivity contribution >= 4 is 17.5 Å². The molecule has 11 heteroatoms. The van der Waals surface area contributed by atoms with E-state index in [0.717, 1.165) is 25.7 Å². The molecule has 0 radical (unpaired) electrons. The lowest BCUT2D eigenvalue weighted by Crippen LogP contribution is -2.46. The van der Waals surface area contributed by atoms with E-state index >= 15 is 0 Å². The first-order chi connectivity index (χ1) is 18.0. The van der Waals surface area contributed by atoms with Crippen molar-refractivity contribution in [3.05, 3.63) is 42.5 Å². The zero-order valence-electron chi connectivity index (χ0n) is 21.3. The molecule has 11 nitrogen and oxygen atoms in total. The van der Waals surface area contributed by atoms with E-state index < -0.39 is 0 Å². The number of hydrogen-bond acceptors (Lipinski definition) is 8. The van der Waals surface area contributed by atoms with E-state index in [9.17, 15) is 9.59 Å². The molecule has 1 fully saturated rings. The third kappa shape index (κ3) is 6.35. The van der Waals surface area contributed by atoms with Gasteiger partial charge in [-0.1, -0.05) is 31.4 Å². The first-order valence-corrected chi connectivity index (χ1v) is 12.2. The third-order valence-corrected chi connectivity index (χ3v) is 6.32. The highest BCUT2D eigenvalue weighted by Gasteiger charge is 2.25. The molecule has 2 amide bonds. The van der Waals surface area contributed by atoms with Gasteiger partial charge < -0.3 is 19.5 Å². The van der Waals surface area contributed by atoms with Gasteiger partial charge in [0.2, 0.25) is 11.7 Å². The highest BCUT2D eigenvalue weighted by Crippen LogP contribution is 2.31. The number of anilines is 1. The topological polar surface area (TPSA) is 121 Å². The summed E-state index contributed by atoms with van der Waals surface area (Å²) < 4.78 is 16.1. The number of nitrogens with zero attached hydrogens (tertiary/aromatic N) is 5. The minimum absolute atomic E-state index is 0.136. The Morgan fingerprint density at radius 3 is 2.43 bits per heavy atom. The zero-order valence-corrected chi connectivity index (χ0v) is 21.3. The minimum atomic E-state index is -0.375. The summed E-state index contributed by atoms with van der Waals surface area (Å²) in [5.41, 5.74) is 1.15. The number of para-hydroxylation sites is 2. The number of ether oxygens (including phenoxy) is 3. The number of methoxy groups -OCH3 is 3. The molecule has 0 saturated heterocycles. The molecule has 1 heterocycles. The predicted octanol–water partition coefficient (Wildman–Crippen LogP) is 2.85. The van der Waals surface area contributed by atoms with E-state index in [0.29, 0.717) is 34.3 Å². The van der Waals surface area contributed by atoms with Gasteiger partial charge in [0.25, 0.3) is 5.91 Å². The van der Waals surface area contributed by atoms with E-state index in [2.05, 4.69) is 20.7 Å². The Morgan fingerprint density at radius 1 is 0.973 bits per heavy atom. The molecule has 0 unspecified atom stereocenters. The molecule has 196 valence electrons. The van der Waals surface area contributed by atoms with Gasteiger partial charge >= 0.3 is 0 Å². The molecule has 0 bridgehead atoms. The standard InChI is InChI=1S/C26H32N6O5/c1-35-21-12-8-7-11-20(21)31(16-24(33)27-19-9-5-4-6-10-19)25(34)17-32-29-26(28-30-32)18-13-14-22(36-2)23(15-18)37-3/h7-8,11-15,19H,4-6,9-10,16-17H2,1-3H3,(H,27,33). The SMILES string of the molecule is COc1ccc(-c2nnn(CC(=O)N(CC(=O)NC3CCCCC3)c3ccccc3OC)n2)cc1OC. The van der Waals surface area contributed by atoms with Crippen molar-refractivity contribution < 1.29 is 23.8 Å². The van der Waals surface area contributed by atoms with E-state index in [4.69, 9.17) is 14.2 Å². The number of nitrogens with one attached hydrogen (secondary N) is 1. The summed E-state index contributed by atoms with van der Waals surface area (Å²) in [7, 11) is 4.62. The van der Waals surface area contributed by atoms with Crippen LogP contribution >= 0.6 is 0 Å². The predicted molar refractivity (Wildman–Crippen MR) is 137 cm³/mol. The lowest BCUT2D eigenvalue weighted by atomic mass is 9.95. The largest absolute Gasteiger partial charge is 0.495 e. The molecule has 1 N–H and O–H groups in total. The molecule has 0 spiro atoms. The molecular weight excluding hydrogens is 476 g/mol. The average molecular weight is 509 g/mol. The van der Waals surface area contributed by atoms with E-state index in [-0.39, 0.29) is 30.9 Å². The highest BCUT2D eigenvalue weighted by atomic mass is 16.5. The smallest absolute Gasteiger partial charge is 0.251 e. The third-order valence-electron chi connectivity index (χ3n) is 6.32. The Labute approximate surface area is 215 Å². The fraction of sp³-hybridized carbons (Fsp3) is 0.423. The van der Waals surface area contributed by atoms with Crippen LogP contribution in [0.25, 0.3) is 11.4 Å². The van der Waals surface area contributed by atoms with Crippen molar-refractivity contribution in [2.24, 2.45) is 0 Å². The highest BCUT2D eigenvalue weighted by molar-refractivity contribution is 5.99. The maximum absolute atomic E-state index is 13.5. The Morgan fingerprint density at radius 2 is 1.70 bits per heavy atom. The van der Waals surface area contributed by atoms with Gasteiger partial charge in [-0.3, -0.25) is 14.5 Å². The van der Waals surface area contributed by atoms with E-state index in [1.807, 2.05) is 6.07 Å². The monoisotopic (exact) mass is 508 g/mol. The summed E-state index contributed by atoms with van der Waals surface area (Å²) in [5, 5.41) is 15.6. The molecule has 3 aromatic rings. The molecule has 4 rings (SSSR count). The van der Waals surface area contributed by atoms with E-state index in [1.165, 1.54) is 23.2 Å². The van der Waals surface area contributed by atoms with Gasteiger partial charge in [0, 0.05) is 11.6 Å². The summed E-state index contributed by atoms with van der Waals surface area (Å²) in [4.78, 5) is 29.0. The van der Waals surface area contributed by atoms with E-state index in [1.54, 1.807) is 50.6 Å². The molecule has 0 atom stereocenters. The van der Waals surface area contributed by atoms with Crippen molar-refractivity contribution in [2.45, 2.75) is 44.7 Å². The molecule has 1 aromatic heterocycles. The molecule has 1 aliphatic rings. The van der Waals surface area contributed by atoms with Gasteiger partial charge in [-0.15, -0.1) is 10.2 Å². The Kier molecular flexibility index (Phi) is 8.55. The number of benzene rings is 2.